The van der Waals surface area contributed by atoms with Gasteiger partial charge in [0.1, 0.15) is 5.52 Å². The summed E-state index contributed by atoms with van der Waals surface area (Å²) in [5, 5.41) is 5.24. The molecule has 0 N–H and O–H groups in total. The maximum Gasteiger partial charge on any atom is 0.154 e. The van der Waals surface area contributed by atoms with Crippen LogP contribution in [-0.4, -0.2) is 32.5 Å². The number of rotatable bonds is 4. The van der Waals surface area contributed by atoms with E-state index < -0.39 is 0 Å². The van der Waals surface area contributed by atoms with Crippen molar-refractivity contribution < 1.29 is 0 Å². The van der Waals surface area contributed by atoms with E-state index in [1.807, 2.05) is 29.2 Å². The second kappa shape index (κ2) is 4.64. The minimum atomic E-state index is 0.654. The standard InChI is InChI=1S/C12H15BrN4/c13-5-8-16(10-2-1-3-10)12-11-4-6-15-17(11)9-7-14-12/h4,6-7,9-10H,1-3,5,8H2. The molecule has 1 fully saturated rings. The summed E-state index contributed by atoms with van der Waals surface area (Å²) in [4.78, 5) is 6.96. The molecule has 2 aromatic heterocycles. The third-order valence-electron chi connectivity index (χ3n) is 3.42. The van der Waals surface area contributed by atoms with Gasteiger partial charge < -0.3 is 4.90 Å². The Balaban J connectivity index is 2.01. The molecule has 17 heavy (non-hydrogen) atoms. The Labute approximate surface area is 109 Å². The van der Waals surface area contributed by atoms with Crippen LogP contribution in [0.2, 0.25) is 0 Å². The highest BCUT2D eigenvalue weighted by atomic mass is 79.9. The summed E-state index contributed by atoms with van der Waals surface area (Å²) in [7, 11) is 0. The average molecular weight is 295 g/mol. The molecule has 3 rings (SSSR count). The van der Waals surface area contributed by atoms with Crippen molar-refractivity contribution in [2.45, 2.75) is 25.3 Å². The van der Waals surface area contributed by atoms with Crippen molar-refractivity contribution in [3.63, 3.8) is 0 Å². The third-order valence-corrected chi connectivity index (χ3v) is 3.77. The molecule has 0 aliphatic heterocycles. The zero-order valence-electron chi connectivity index (χ0n) is 9.59. The van der Waals surface area contributed by atoms with E-state index in [-0.39, 0.29) is 0 Å². The van der Waals surface area contributed by atoms with Gasteiger partial charge in [-0.15, -0.1) is 0 Å². The number of aromatic nitrogens is 3. The molecule has 0 aromatic carbocycles. The van der Waals surface area contributed by atoms with E-state index in [0.29, 0.717) is 6.04 Å². The first-order chi connectivity index (χ1) is 8.40. The maximum atomic E-state index is 4.55. The van der Waals surface area contributed by atoms with Crippen LogP contribution in [0, 0.1) is 0 Å². The van der Waals surface area contributed by atoms with Crippen LogP contribution >= 0.6 is 15.9 Å². The van der Waals surface area contributed by atoms with E-state index in [0.717, 1.165) is 23.2 Å². The summed E-state index contributed by atoms with van der Waals surface area (Å²) >= 11 is 3.53. The summed E-state index contributed by atoms with van der Waals surface area (Å²) in [6.07, 6.45) is 9.45. The fourth-order valence-corrected chi connectivity index (χ4v) is 2.70. The fourth-order valence-electron chi connectivity index (χ4n) is 2.32. The SMILES string of the molecule is BrCCN(c1nccn2nccc12)C1CCC1. The van der Waals surface area contributed by atoms with Crippen molar-refractivity contribution in [2.75, 3.05) is 16.8 Å². The van der Waals surface area contributed by atoms with Crippen molar-refractivity contribution in [3.05, 3.63) is 24.7 Å². The number of hydrogen-bond acceptors (Lipinski definition) is 3. The fraction of sp³-hybridized carbons (Fsp3) is 0.500. The summed E-state index contributed by atoms with van der Waals surface area (Å²) in [6, 6.07) is 2.68. The Morgan fingerprint density at radius 3 is 3.00 bits per heavy atom. The van der Waals surface area contributed by atoms with E-state index in [2.05, 4.69) is 30.9 Å². The summed E-state index contributed by atoms with van der Waals surface area (Å²) < 4.78 is 1.89. The minimum Gasteiger partial charge on any atom is -0.351 e. The summed E-state index contributed by atoms with van der Waals surface area (Å²) in [6.45, 7) is 1.00. The van der Waals surface area contributed by atoms with Crippen LogP contribution in [-0.2, 0) is 0 Å². The molecular formula is C12H15BrN4. The molecule has 1 aliphatic carbocycles. The van der Waals surface area contributed by atoms with E-state index in [9.17, 15) is 0 Å². The lowest BCUT2D eigenvalue weighted by atomic mass is 9.91. The predicted molar refractivity (Wildman–Crippen MR) is 71.8 cm³/mol. The van der Waals surface area contributed by atoms with Crippen LogP contribution in [0.25, 0.3) is 5.52 Å². The Morgan fingerprint density at radius 2 is 2.29 bits per heavy atom. The second-order valence-corrected chi connectivity index (χ2v) is 5.17. The highest BCUT2D eigenvalue weighted by molar-refractivity contribution is 9.09. The smallest absolute Gasteiger partial charge is 0.154 e. The van der Waals surface area contributed by atoms with Crippen molar-refractivity contribution in [1.82, 2.24) is 14.6 Å². The van der Waals surface area contributed by atoms with E-state index in [1.165, 1.54) is 19.3 Å². The molecule has 0 radical (unpaired) electrons. The normalized spacial score (nSPS) is 16.1. The highest BCUT2D eigenvalue weighted by Crippen LogP contribution is 2.30. The molecule has 0 bridgehead atoms. The maximum absolute atomic E-state index is 4.55. The second-order valence-electron chi connectivity index (χ2n) is 4.38. The predicted octanol–water partition coefficient (Wildman–Crippen LogP) is 2.48. The van der Waals surface area contributed by atoms with Gasteiger partial charge in [-0.25, -0.2) is 9.50 Å². The molecule has 1 aliphatic rings. The van der Waals surface area contributed by atoms with Gasteiger partial charge in [-0.1, -0.05) is 15.9 Å². The van der Waals surface area contributed by atoms with Gasteiger partial charge in [0.15, 0.2) is 5.82 Å². The molecule has 0 amide bonds. The van der Waals surface area contributed by atoms with Crippen molar-refractivity contribution in [2.24, 2.45) is 0 Å². The Morgan fingerprint density at radius 1 is 1.41 bits per heavy atom. The lowest BCUT2D eigenvalue weighted by Gasteiger charge is -2.38. The molecule has 4 nitrogen and oxygen atoms in total. The quantitative estimate of drug-likeness (QED) is 0.813. The molecule has 0 atom stereocenters. The highest BCUT2D eigenvalue weighted by Gasteiger charge is 2.26. The van der Waals surface area contributed by atoms with Gasteiger partial charge in [0.25, 0.3) is 0 Å². The first-order valence-electron chi connectivity index (χ1n) is 6.01. The van der Waals surface area contributed by atoms with Gasteiger partial charge in [0, 0.05) is 30.3 Å². The first kappa shape index (κ1) is 11.0. The van der Waals surface area contributed by atoms with Crippen LogP contribution < -0.4 is 4.90 Å². The third kappa shape index (κ3) is 1.92. The molecule has 0 unspecified atom stereocenters. The molecule has 2 heterocycles. The summed E-state index contributed by atoms with van der Waals surface area (Å²) in [5.41, 5.74) is 1.10. The van der Waals surface area contributed by atoms with Crippen molar-refractivity contribution in [3.8, 4) is 0 Å². The zero-order chi connectivity index (χ0) is 11.7. The van der Waals surface area contributed by atoms with Gasteiger partial charge >= 0.3 is 0 Å². The summed E-state index contributed by atoms with van der Waals surface area (Å²) in [5.74, 6) is 1.06. The number of alkyl halides is 1. The number of anilines is 1. The first-order valence-corrected chi connectivity index (χ1v) is 7.13. The van der Waals surface area contributed by atoms with Crippen LogP contribution in [0.15, 0.2) is 24.7 Å². The Bertz CT molecular complexity index is 506. The van der Waals surface area contributed by atoms with Gasteiger partial charge in [0.05, 0.1) is 6.20 Å². The van der Waals surface area contributed by atoms with Crippen LogP contribution in [0.3, 0.4) is 0 Å². The largest absolute Gasteiger partial charge is 0.351 e. The number of hydrogen-bond donors (Lipinski definition) is 0. The van der Waals surface area contributed by atoms with Gasteiger partial charge in [-0.05, 0) is 25.3 Å². The molecule has 0 saturated heterocycles. The Kier molecular flexibility index (Phi) is 3.01. The monoisotopic (exact) mass is 294 g/mol. The molecule has 90 valence electrons. The topological polar surface area (TPSA) is 33.4 Å². The van der Waals surface area contributed by atoms with Gasteiger partial charge in [-0.2, -0.15) is 5.10 Å². The molecular weight excluding hydrogens is 280 g/mol. The number of fused-ring (bicyclic) bond motifs is 1. The molecule has 2 aromatic rings. The van der Waals surface area contributed by atoms with E-state index in [4.69, 9.17) is 0 Å². The average Bonchev–Trinajstić information content (AvgIpc) is 2.73. The minimum absolute atomic E-state index is 0.654. The number of halogens is 1. The van der Waals surface area contributed by atoms with Crippen LogP contribution in [0.4, 0.5) is 5.82 Å². The van der Waals surface area contributed by atoms with Gasteiger partial charge in [0.2, 0.25) is 0 Å². The van der Waals surface area contributed by atoms with E-state index in [1.54, 1.807) is 0 Å². The number of nitrogens with zero attached hydrogens (tertiary/aromatic N) is 4. The van der Waals surface area contributed by atoms with Crippen LogP contribution in [0.5, 0.6) is 0 Å². The van der Waals surface area contributed by atoms with Crippen molar-refractivity contribution >= 4 is 27.3 Å². The zero-order valence-corrected chi connectivity index (χ0v) is 11.2. The van der Waals surface area contributed by atoms with E-state index >= 15 is 0 Å². The molecule has 1 saturated carbocycles. The van der Waals surface area contributed by atoms with Crippen molar-refractivity contribution in [1.29, 1.82) is 0 Å². The lowest BCUT2D eigenvalue weighted by molar-refractivity contribution is 0.389. The molecule has 5 heteroatoms. The Hall–Kier alpha value is -1.10. The van der Waals surface area contributed by atoms with Crippen LogP contribution in [0.1, 0.15) is 19.3 Å². The molecule has 0 spiro atoms. The van der Waals surface area contributed by atoms with Gasteiger partial charge in [-0.3, -0.25) is 0 Å². The lowest BCUT2D eigenvalue weighted by Crippen LogP contribution is -2.42.